The lowest BCUT2D eigenvalue weighted by Crippen LogP contribution is -2.23. The van der Waals surface area contributed by atoms with E-state index in [1.165, 1.54) is 41.5 Å². The average molecular weight is 397 g/mol. The molecule has 0 spiro atoms. The van der Waals surface area contributed by atoms with E-state index in [1.54, 1.807) is 6.92 Å². The Morgan fingerprint density at radius 2 is 1.55 bits per heavy atom. The van der Waals surface area contributed by atoms with E-state index in [0.29, 0.717) is 19.1 Å². The van der Waals surface area contributed by atoms with Crippen molar-refractivity contribution in [2.24, 2.45) is 5.73 Å². The Bertz CT molecular complexity index is 763. The number of rotatable bonds is 4. The quantitative estimate of drug-likeness (QED) is 0.765. The van der Waals surface area contributed by atoms with Crippen LogP contribution < -0.4 is 11.1 Å². The van der Waals surface area contributed by atoms with Crippen molar-refractivity contribution in [3.05, 3.63) is 70.8 Å². The van der Waals surface area contributed by atoms with Gasteiger partial charge in [0, 0.05) is 6.04 Å². The fraction of sp³-hybridized carbons (Fsp3) is 0.417. The monoisotopic (exact) mass is 396 g/mol. The molecule has 156 valence electrons. The number of hydrogen-bond acceptors (Lipinski definition) is 4. The van der Waals surface area contributed by atoms with Crippen molar-refractivity contribution in [2.75, 3.05) is 6.61 Å². The average Bonchev–Trinajstić information content (AvgIpc) is 2.76. The zero-order valence-corrected chi connectivity index (χ0v) is 17.2. The van der Waals surface area contributed by atoms with Gasteiger partial charge >= 0.3 is 0 Å². The molecule has 3 N–H and O–H groups in total. The molecule has 2 aromatic rings. The number of nitrogens with one attached hydrogen (secondary N) is 1. The van der Waals surface area contributed by atoms with Crippen molar-refractivity contribution in [2.45, 2.75) is 57.5 Å². The van der Waals surface area contributed by atoms with Crippen molar-refractivity contribution >= 4 is 12.9 Å². The first-order valence-corrected chi connectivity index (χ1v) is 10.4. The Labute approximate surface area is 173 Å². The van der Waals surface area contributed by atoms with Crippen molar-refractivity contribution in [3.63, 3.8) is 0 Å². The number of carbonyl (C=O) groups excluding carboxylic acids is 2. The zero-order valence-electron chi connectivity index (χ0n) is 17.2. The Morgan fingerprint density at radius 3 is 2.10 bits per heavy atom. The fourth-order valence-corrected chi connectivity index (χ4v) is 3.87. The summed E-state index contributed by atoms with van der Waals surface area (Å²) in [5.74, 6) is 0. The molecule has 0 unspecified atom stereocenters. The topological polar surface area (TPSA) is 81.4 Å². The van der Waals surface area contributed by atoms with Crippen LogP contribution in [0.5, 0.6) is 0 Å². The molecule has 0 saturated heterocycles. The first-order valence-electron chi connectivity index (χ1n) is 10.4. The standard InChI is InChI=1S/C11H13NO.C10H13N.C3H6O2/c13-8-12-11-7-3-5-9-4-1-2-6-10(9)11;11-10-7-3-5-8-4-1-2-6-9(8)10;1-2-5-3-4/h1-2,4,6,8,11H,3,5,7H2,(H,12,13);1-2,4,6,10H,3,5,7,11H2;3H,2H2,1H3/t11-;10-;/m11./s1. The fourth-order valence-electron chi connectivity index (χ4n) is 3.87. The molecule has 2 atom stereocenters. The van der Waals surface area contributed by atoms with Crippen LogP contribution in [0, 0.1) is 0 Å². The summed E-state index contributed by atoms with van der Waals surface area (Å²) in [4.78, 5) is 19.6. The molecule has 4 rings (SSSR count). The minimum Gasteiger partial charge on any atom is -0.468 e. The second-order valence-electron chi connectivity index (χ2n) is 7.18. The van der Waals surface area contributed by atoms with Gasteiger partial charge in [-0.05, 0) is 67.7 Å². The maximum atomic E-state index is 10.4. The Balaban J connectivity index is 0.000000171. The van der Waals surface area contributed by atoms with E-state index in [0.717, 1.165) is 25.7 Å². The molecule has 0 bridgehead atoms. The summed E-state index contributed by atoms with van der Waals surface area (Å²) in [6.45, 7) is 2.66. The molecule has 2 aromatic carbocycles. The van der Waals surface area contributed by atoms with Crippen LogP contribution in [0.1, 0.15) is 66.9 Å². The number of benzene rings is 2. The third-order valence-corrected chi connectivity index (χ3v) is 5.29. The van der Waals surface area contributed by atoms with Gasteiger partial charge in [0.15, 0.2) is 0 Å². The van der Waals surface area contributed by atoms with E-state index in [1.807, 2.05) is 6.07 Å². The summed E-state index contributed by atoms with van der Waals surface area (Å²) in [5, 5.41) is 2.86. The summed E-state index contributed by atoms with van der Waals surface area (Å²) in [7, 11) is 0. The minimum atomic E-state index is 0.238. The molecule has 2 aliphatic rings. The number of hydrogen-bond donors (Lipinski definition) is 2. The largest absolute Gasteiger partial charge is 0.468 e. The van der Waals surface area contributed by atoms with Crippen LogP contribution in [0.15, 0.2) is 48.5 Å². The highest BCUT2D eigenvalue weighted by atomic mass is 16.5. The van der Waals surface area contributed by atoms with Gasteiger partial charge in [-0.2, -0.15) is 0 Å². The number of amides is 1. The van der Waals surface area contributed by atoms with E-state index in [-0.39, 0.29) is 6.04 Å². The number of ether oxygens (including phenoxy) is 1. The SMILES string of the molecule is CCOC=O.N[C@@H]1CCCc2ccccc21.O=CN[C@@H]1CCCc2ccccc21. The van der Waals surface area contributed by atoms with Gasteiger partial charge in [-0.25, -0.2) is 0 Å². The van der Waals surface area contributed by atoms with Gasteiger partial charge in [-0.3, -0.25) is 9.59 Å². The van der Waals surface area contributed by atoms with E-state index in [4.69, 9.17) is 5.73 Å². The van der Waals surface area contributed by atoms with Crippen LogP contribution in [0.2, 0.25) is 0 Å². The zero-order chi connectivity index (χ0) is 20.9. The Kier molecular flexibility index (Phi) is 9.93. The van der Waals surface area contributed by atoms with Crippen LogP contribution in [0.4, 0.5) is 0 Å². The molecule has 5 heteroatoms. The lowest BCUT2D eigenvalue weighted by atomic mass is 9.88. The number of carbonyl (C=O) groups is 2. The van der Waals surface area contributed by atoms with Gasteiger partial charge in [0.25, 0.3) is 6.47 Å². The highest BCUT2D eigenvalue weighted by molar-refractivity contribution is 5.49. The van der Waals surface area contributed by atoms with Crippen molar-refractivity contribution < 1.29 is 14.3 Å². The molecule has 0 fully saturated rings. The lowest BCUT2D eigenvalue weighted by Gasteiger charge is -2.24. The molecule has 0 aromatic heterocycles. The van der Waals surface area contributed by atoms with Gasteiger partial charge < -0.3 is 15.8 Å². The van der Waals surface area contributed by atoms with Crippen molar-refractivity contribution in [3.8, 4) is 0 Å². The Hall–Kier alpha value is -2.66. The molecule has 0 heterocycles. The van der Waals surface area contributed by atoms with E-state index < -0.39 is 0 Å². The van der Waals surface area contributed by atoms with Crippen LogP contribution in [-0.4, -0.2) is 19.5 Å². The first-order chi connectivity index (χ1) is 14.2. The number of nitrogens with two attached hydrogens (primary N) is 1. The van der Waals surface area contributed by atoms with E-state index in [2.05, 4.69) is 52.5 Å². The predicted octanol–water partition coefficient (Wildman–Crippen LogP) is 4.01. The van der Waals surface area contributed by atoms with Gasteiger partial charge in [-0.15, -0.1) is 0 Å². The van der Waals surface area contributed by atoms with Gasteiger partial charge in [0.05, 0.1) is 12.6 Å². The summed E-state index contributed by atoms with van der Waals surface area (Å²) < 4.78 is 4.15. The third-order valence-electron chi connectivity index (χ3n) is 5.29. The highest BCUT2D eigenvalue weighted by Gasteiger charge is 2.18. The second-order valence-corrected chi connectivity index (χ2v) is 7.18. The van der Waals surface area contributed by atoms with Gasteiger partial charge in [0.2, 0.25) is 6.41 Å². The van der Waals surface area contributed by atoms with Crippen molar-refractivity contribution in [1.29, 1.82) is 0 Å². The van der Waals surface area contributed by atoms with Crippen LogP contribution in [-0.2, 0) is 27.2 Å². The van der Waals surface area contributed by atoms with E-state index >= 15 is 0 Å². The molecule has 0 saturated carbocycles. The highest BCUT2D eigenvalue weighted by Crippen LogP contribution is 2.29. The van der Waals surface area contributed by atoms with Crippen LogP contribution in [0.25, 0.3) is 0 Å². The summed E-state index contributed by atoms with van der Waals surface area (Å²) >= 11 is 0. The summed E-state index contributed by atoms with van der Waals surface area (Å²) in [6, 6.07) is 17.4. The summed E-state index contributed by atoms with van der Waals surface area (Å²) in [5.41, 5.74) is 11.4. The van der Waals surface area contributed by atoms with Gasteiger partial charge in [0.1, 0.15) is 0 Å². The second kappa shape index (κ2) is 12.7. The lowest BCUT2D eigenvalue weighted by molar-refractivity contribution is -0.128. The normalized spacial score (nSPS) is 19.0. The molecular formula is C24H32N2O3. The number of aryl methyl sites for hydroxylation is 2. The molecule has 1 amide bonds. The molecule has 2 aliphatic carbocycles. The van der Waals surface area contributed by atoms with E-state index in [9.17, 15) is 9.59 Å². The third kappa shape index (κ3) is 7.02. The van der Waals surface area contributed by atoms with Crippen LogP contribution >= 0.6 is 0 Å². The van der Waals surface area contributed by atoms with Crippen molar-refractivity contribution in [1.82, 2.24) is 5.32 Å². The smallest absolute Gasteiger partial charge is 0.293 e. The maximum absolute atomic E-state index is 10.4. The molecule has 29 heavy (non-hydrogen) atoms. The maximum Gasteiger partial charge on any atom is 0.293 e. The molecule has 5 nitrogen and oxygen atoms in total. The van der Waals surface area contributed by atoms with Crippen LogP contribution in [0.3, 0.4) is 0 Å². The number of fused-ring (bicyclic) bond motifs is 2. The minimum absolute atomic E-state index is 0.238. The molecule has 0 aliphatic heterocycles. The Morgan fingerprint density at radius 1 is 0.966 bits per heavy atom. The molecule has 0 radical (unpaired) electrons. The first kappa shape index (κ1) is 22.6. The van der Waals surface area contributed by atoms with Gasteiger partial charge in [-0.1, -0.05) is 48.5 Å². The summed E-state index contributed by atoms with van der Waals surface area (Å²) in [6.07, 6.45) is 7.79. The molecular weight excluding hydrogens is 364 g/mol. The predicted molar refractivity (Wildman–Crippen MR) is 115 cm³/mol.